The van der Waals surface area contributed by atoms with Crippen LogP contribution in [0.2, 0.25) is 0 Å². The van der Waals surface area contributed by atoms with Crippen molar-refractivity contribution in [2.45, 2.75) is 45.1 Å². The highest BCUT2D eigenvalue weighted by Gasteiger charge is 2.48. The molecule has 4 heteroatoms. The molecule has 0 aromatic carbocycles. The first kappa shape index (κ1) is 12.4. The molecule has 108 valence electrons. The van der Waals surface area contributed by atoms with Crippen molar-refractivity contribution in [2.75, 3.05) is 0 Å². The zero-order chi connectivity index (χ0) is 13.7. The molecule has 4 aliphatic rings. The molecule has 0 atom stereocenters. The molecule has 0 spiro atoms. The molecule has 20 heavy (non-hydrogen) atoms. The highest BCUT2D eigenvalue weighted by molar-refractivity contribution is 5.66. The molecule has 0 aliphatic heterocycles. The van der Waals surface area contributed by atoms with Gasteiger partial charge in [0, 0.05) is 18.8 Å². The van der Waals surface area contributed by atoms with E-state index in [-0.39, 0.29) is 6.54 Å². The summed E-state index contributed by atoms with van der Waals surface area (Å²) < 4.78 is 1.81. The Morgan fingerprint density at radius 3 is 2.45 bits per heavy atom. The fourth-order valence-electron chi connectivity index (χ4n) is 5.40. The summed E-state index contributed by atoms with van der Waals surface area (Å²) in [4.78, 5) is 15.3. The van der Waals surface area contributed by atoms with Crippen molar-refractivity contribution < 1.29 is 9.90 Å². The number of hydrogen-bond donors (Lipinski definition) is 1. The Labute approximate surface area is 119 Å². The van der Waals surface area contributed by atoms with Crippen LogP contribution in [0.4, 0.5) is 0 Å². The first-order valence-corrected chi connectivity index (χ1v) is 7.91. The van der Waals surface area contributed by atoms with Gasteiger partial charge in [-0.05, 0) is 61.7 Å². The van der Waals surface area contributed by atoms with E-state index in [1.165, 1.54) is 32.1 Å². The van der Waals surface area contributed by atoms with Crippen LogP contribution in [0.15, 0.2) is 12.4 Å². The van der Waals surface area contributed by atoms with Crippen LogP contribution in [-0.4, -0.2) is 20.6 Å². The summed E-state index contributed by atoms with van der Waals surface area (Å²) in [6, 6.07) is 0. The lowest BCUT2D eigenvalue weighted by Gasteiger charge is -2.54. The van der Waals surface area contributed by atoms with Gasteiger partial charge >= 0.3 is 5.97 Å². The number of hydrogen-bond acceptors (Lipinski definition) is 2. The van der Waals surface area contributed by atoms with Crippen LogP contribution in [0.3, 0.4) is 0 Å². The van der Waals surface area contributed by atoms with Gasteiger partial charge in [-0.15, -0.1) is 0 Å². The van der Waals surface area contributed by atoms with Gasteiger partial charge in [-0.3, -0.25) is 4.79 Å². The molecule has 1 aromatic rings. The average molecular weight is 274 g/mol. The van der Waals surface area contributed by atoms with E-state index in [2.05, 4.69) is 4.98 Å². The van der Waals surface area contributed by atoms with Crippen molar-refractivity contribution in [1.29, 1.82) is 0 Å². The minimum atomic E-state index is -0.783. The molecular weight excluding hydrogens is 252 g/mol. The number of nitrogens with zero attached hydrogens (tertiary/aromatic N) is 2. The van der Waals surface area contributed by atoms with Crippen molar-refractivity contribution in [3.05, 3.63) is 18.2 Å². The lowest BCUT2D eigenvalue weighted by Crippen LogP contribution is -2.46. The number of carbonyl (C=O) groups is 1. The summed E-state index contributed by atoms with van der Waals surface area (Å²) in [5, 5.41) is 8.97. The van der Waals surface area contributed by atoms with Crippen molar-refractivity contribution in [3.8, 4) is 0 Å². The van der Waals surface area contributed by atoms with Crippen LogP contribution >= 0.6 is 0 Å². The Bertz CT molecular complexity index is 494. The molecule has 0 amide bonds. The fraction of sp³-hybridized carbons (Fsp3) is 0.750. The molecule has 0 saturated heterocycles. The maximum Gasteiger partial charge on any atom is 0.323 e. The van der Waals surface area contributed by atoms with E-state index in [0.717, 1.165) is 41.8 Å². The summed E-state index contributed by atoms with van der Waals surface area (Å²) in [7, 11) is 0. The second-order valence-corrected chi connectivity index (χ2v) is 7.16. The fourth-order valence-corrected chi connectivity index (χ4v) is 5.40. The Balaban J connectivity index is 1.52. The zero-order valence-corrected chi connectivity index (χ0v) is 11.7. The summed E-state index contributed by atoms with van der Waals surface area (Å²) in [5.41, 5.74) is 0. The summed E-state index contributed by atoms with van der Waals surface area (Å²) in [5.74, 6) is 4.68. The number of imidazole rings is 1. The molecule has 4 bridgehead atoms. The van der Waals surface area contributed by atoms with E-state index in [1.807, 2.05) is 4.57 Å². The third-order valence-electron chi connectivity index (χ3n) is 5.95. The standard InChI is InChI=1S/C16H22N2O2/c19-16(20)9-18-2-1-17-15(18)8-14-12-4-10-3-11(6-12)7-13(14)5-10/h1-2,10-14H,3-9H2,(H,19,20). The van der Waals surface area contributed by atoms with Gasteiger partial charge in [0.1, 0.15) is 12.4 Å². The van der Waals surface area contributed by atoms with Crippen LogP contribution in [0.1, 0.15) is 37.9 Å². The topological polar surface area (TPSA) is 55.1 Å². The van der Waals surface area contributed by atoms with Gasteiger partial charge < -0.3 is 9.67 Å². The van der Waals surface area contributed by atoms with E-state index in [9.17, 15) is 4.79 Å². The lowest BCUT2D eigenvalue weighted by molar-refractivity contribution is -0.137. The second-order valence-electron chi connectivity index (χ2n) is 7.16. The molecule has 0 unspecified atom stereocenters. The number of aliphatic carboxylic acids is 1. The van der Waals surface area contributed by atoms with Crippen molar-refractivity contribution >= 4 is 5.97 Å². The monoisotopic (exact) mass is 274 g/mol. The molecule has 4 nitrogen and oxygen atoms in total. The van der Waals surface area contributed by atoms with Crippen LogP contribution in [0.5, 0.6) is 0 Å². The van der Waals surface area contributed by atoms with E-state index < -0.39 is 5.97 Å². The molecule has 0 radical (unpaired) electrons. The quantitative estimate of drug-likeness (QED) is 0.918. The van der Waals surface area contributed by atoms with Crippen LogP contribution < -0.4 is 0 Å². The number of aromatic nitrogens is 2. The van der Waals surface area contributed by atoms with E-state index in [1.54, 1.807) is 12.4 Å². The van der Waals surface area contributed by atoms with Crippen molar-refractivity contribution in [3.63, 3.8) is 0 Å². The van der Waals surface area contributed by atoms with Gasteiger partial charge in [0.2, 0.25) is 0 Å². The van der Waals surface area contributed by atoms with Gasteiger partial charge in [-0.25, -0.2) is 4.98 Å². The largest absolute Gasteiger partial charge is 0.480 e. The molecule has 4 fully saturated rings. The number of carboxylic acids is 1. The van der Waals surface area contributed by atoms with Crippen molar-refractivity contribution in [2.24, 2.45) is 29.6 Å². The third-order valence-corrected chi connectivity index (χ3v) is 5.95. The van der Waals surface area contributed by atoms with Gasteiger partial charge in [-0.1, -0.05) is 0 Å². The molecule has 4 saturated carbocycles. The SMILES string of the molecule is O=C(O)Cn1ccnc1CC1C2CC3CC(C2)CC1C3. The van der Waals surface area contributed by atoms with Crippen LogP contribution in [0, 0.1) is 29.6 Å². The van der Waals surface area contributed by atoms with Gasteiger partial charge in [0.15, 0.2) is 0 Å². The van der Waals surface area contributed by atoms with Gasteiger partial charge in [0.25, 0.3) is 0 Å². The minimum absolute atomic E-state index is 0.0443. The first-order chi connectivity index (χ1) is 9.69. The molecular formula is C16H22N2O2. The highest BCUT2D eigenvalue weighted by Crippen LogP contribution is 2.57. The Hall–Kier alpha value is -1.32. The first-order valence-electron chi connectivity index (χ1n) is 7.91. The van der Waals surface area contributed by atoms with E-state index in [4.69, 9.17) is 5.11 Å². The van der Waals surface area contributed by atoms with Crippen LogP contribution in [0.25, 0.3) is 0 Å². The smallest absolute Gasteiger partial charge is 0.323 e. The maximum atomic E-state index is 10.9. The third kappa shape index (κ3) is 2.05. The Kier molecular flexibility index (Phi) is 2.86. The Morgan fingerprint density at radius 1 is 1.20 bits per heavy atom. The van der Waals surface area contributed by atoms with E-state index >= 15 is 0 Å². The molecule has 5 rings (SSSR count). The number of carboxylic acid groups (broad SMARTS) is 1. The van der Waals surface area contributed by atoms with Gasteiger partial charge in [-0.2, -0.15) is 0 Å². The van der Waals surface area contributed by atoms with E-state index in [0.29, 0.717) is 0 Å². The number of rotatable bonds is 4. The second kappa shape index (κ2) is 4.61. The molecule has 1 heterocycles. The summed E-state index contributed by atoms with van der Waals surface area (Å²) in [6.07, 6.45) is 11.7. The predicted molar refractivity (Wildman–Crippen MR) is 74.1 cm³/mol. The Morgan fingerprint density at radius 2 is 1.85 bits per heavy atom. The molecule has 1 aromatic heterocycles. The lowest BCUT2D eigenvalue weighted by atomic mass is 9.51. The predicted octanol–water partition coefficient (Wildman–Crippen LogP) is 2.58. The highest BCUT2D eigenvalue weighted by atomic mass is 16.4. The van der Waals surface area contributed by atoms with Crippen LogP contribution in [-0.2, 0) is 17.8 Å². The molecule has 1 N–H and O–H groups in total. The molecule has 4 aliphatic carbocycles. The minimum Gasteiger partial charge on any atom is -0.480 e. The maximum absolute atomic E-state index is 10.9. The summed E-state index contributed by atoms with van der Waals surface area (Å²) >= 11 is 0. The summed E-state index contributed by atoms with van der Waals surface area (Å²) in [6.45, 7) is 0.0443. The van der Waals surface area contributed by atoms with Crippen molar-refractivity contribution in [1.82, 2.24) is 9.55 Å². The normalized spacial score (nSPS) is 38.3. The average Bonchev–Trinajstić information content (AvgIpc) is 2.79. The van der Waals surface area contributed by atoms with Gasteiger partial charge in [0.05, 0.1) is 0 Å². The zero-order valence-electron chi connectivity index (χ0n) is 11.7.